The predicted octanol–water partition coefficient (Wildman–Crippen LogP) is 2.76. The summed E-state index contributed by atoms with van der Waals surface area (Å²) in [6.45, 7) is 2.99. The van der Waals surface area contributed by atoms with Crippen LogP contribution >= 0.6 is 23.1 Å². The summed E-state index contributed by atoms with van der Waals surface area (Å²) in [5.74, 6) is 0.399. The minimum atomic E-state index is 0.399. The Morgan fingerprint density at radius 3 is 2.96 bits per heavy atom. The lowest BCUT2D eigenvalue weighted by molar-refractivity contribution is 0.598. The molecule has 0 unspecified atom stereocenters. The highest BCUT2D eigenvalue weighted by Gasteiger charge is 2.17. The number of nitrogens with two attached hydrogens (primary N) is 1. The van der Waals surface area contributed by atoms with Gasteiger partial charge >= 0.3 is 0 Å². The van der Waals surface area contributed by atoms with Crippen molar-refractivity contribution in [3.63, 3.8) is 0 Å². The summed E-state index contributed by atoms with van der Waals surface area (Å²) in [5, 5.41) is 0.827. The van der Waals surface area contributed by atoms with Crippen LogP contribution in [0.5, 0.6) is 0 Å². The van der Waals surface area contributed by atoms with Crippen LogP contribution in [0.1, 0.15) is 19.8 Å². The van der Waals surface area contributed by atoms with Gasteiger partial charge in [-0.05, 0) is 24.2 Å². The van der Waals surface area contributed by atoms with Crippen LogP contribution in [0.2, 0.25) is 0 Å². The number of hydrogen-bond acceptors (Lipinski definition) is 7. The van der Waals surface area contributed by atoms with E-state index in [-0.39, 0.29) is 0 Å². The first kappa shape index (κ1) is 16.3. The molecule has 4 aromatic rings. The number of aromatic nitrogens is 5. The zero-order valence-corrected chi connectivity index (χ0v) is 15.3. The lowest BCUT2D eigenvalue weighted by Gasteiger charge is -2.05. The van der Waals surface area contributed by atoms with Crippen LogP contribution < -0.4 is 11.2 Å². The zero-order chi connectivity index (χ0) is 17.4. The van der Waals surface area contributed by atoms with E-state index in [1.807, 2.05) is 18.2 Å². The van der Waals surface area contributed by atoms with Crippen LogP contribution in [0.3, 0.4) is 0 Å². The van der Waals surface area contributed by atoms with Crippen LogP contribution in [-0.2, 0) is 6.54 Å². The highest BCUT2D eigenvalue weighted by atomic mass is 32.2. The first-order chi connectivity index (χ1) is 12.2. The highest BCUT2D eigenvalue weighted by Crippen LogP contribution is 2.35. The quantitative estimate of drug-likeness (QED) is 0.547. The summed E-state index contributed by atoms with van der Waals surface area (Å²) in [7, 11) is 6.05. The third kappa shape index (κ3) is 2.98. The van der Waals surface area contributed by atoms with Gasteiger partial charge in [0, 0.05) is 11.2 Å². The van der Waals surface area contributed by atoms with Crippen molar-refractivity contribution in [1.29, 1.82) is 0 Å². The number of benzene rings is 1. The second kappa shape index (κ2) is 6.64. The zero-order valence-electron chi connectivity index (χ0n) is 13.6. The maximum Gasteiger partial charge on any atom is 0.177 e. The molecule has 0 amide bonds. The SMILES string of the molecule is [B]c1cccc2nc(Sc3nc4c(N)ncnc4n3CCCC)sc12. The monoisotopic (exact) mass is 366 g/mol. The molecule has 0 aliphatic rings. The van der Waals surface area contributed by atoms with Gasteiger partial charge in [0.15, 0.2) is 26.5 Å². The van der Waals surface area contributed by atoms with E-state index >= 15 is 0 Å². The summed E-state index contributed by atoms with van der Waals surface area (Å²) < 4.78 is 3.99. The molecule has 0 atom stereocenters. The summed E-state index contributed by atoms with van der Waals surface area (Å²) >= 11 is 3.09. The molecule has 0 bridgehead atoms. The van der Waals surface area contributed by atoms with Crippen molar-refractivity contribution < 1.29 is 0 Å². The van der Waals surface area contributed by atoms with Gasteiger partial charge in [-0.3, -0.25) is 0 Å². The number of anilines is 1. The average molecular weight is 366 g/mol. The molecule has 3 heterocycles. The second-order valence-electron chi connectivity index (χ2n) is 5.61. The Hall–Kier alpha value is -2.13. The van der Waals surface area contributed by atoms with E-state index < -0.39 is 0 Å². The Kier molecular flexibility index (Phi) is 4.35. The van der Waals surface area contributed by atoms with Crippen molar-refractivity contribution in [2.24, 2.45) is 0 Å². The standard InChI is InChI=1S/C16H15BN6S2/c1-2-3-7-23-14-11(13(18)19-8-20-14)22-15(23)25-16-21-10-6-4-5-9(17)12(10)24-16/h4-6,8H,2-3,7H2,1H3,(H2,18,19,20). The predicted molar refractivity (Wildman–Crippen MR) is 104 cm³/mol. The number of imidazole rings is 1. The Balaban J connectivity index is 1.79. The van der Waals surface area contributed by atoms with Gasteiger partial charge in [0.25, 0.3) is 0 Å². The molecule has 1 aromatic carbocycles. The van der Waals surface area contributed by atoms with Crippen molar-refractivity contribution in [3.05, 3.63) is 24.5 Å². The average Bonchev–Trinajstić information content (AvgIpc) is 3.16. The molecule has 0 saturated heterocycles. The number of fused-ring (bicyclic) bond motifs is 2. The van der Waals surface area contributed by atoms with Gasteiger partial charge in [-0.2, -0.15) is 0 Å². The van der Waals surface area contributed by atoms with Gasteiger partial charge < -0.3 is 10.3 Å². The fourth-order valence-electron chi connectivity index (χ4n) is 2.60. The van der Waals surface area contributed by atoms with Crippen molar-refractivity contribution in [2.45, 2.75) is 35.8 Å². The van der Waals surface area contributed by atoms with Crippen LogP contribution in [0.4, 0.5) is 5.82 Å². The van der Waals surface area contributed by atoms with Crippen molar-refractivity contribution in [3.8, 4) is 0 Å². The number of aryl methyl sites for hydroxylation is 1. The molecule has 0 aliphatic carbocycles. The Bertz CT molecular complexity index is 1060. The van der Waals surface area contributed by atoms with Crippen LogP contribution in [0.15, 0.2) is 34.0 Å². The molecule has 0 fully saturated rings. The lowest BCUT2D eigenvalue weighted by Crippen LogP contribution is -2.01. The van der Waals surface area contributed by atoms with Crippen molar-refractivity contribution >= 4 is 63.6 Å². The van der Waals surface area contributed by atoms with Gasteiger partial charge in [0.05, 0.1) is 5.52 Å². The van der Waals surface area contributed by atoms with Crippen LogP contribution in [0.25, 0.3) is 21.4 Å². The molecule has 9 heteroatoms. The number of unbranched alkanes of at least 4 members (excludes halogenated alkanes) is 1. The van der Waals surface area contributed by atoms with Gasteiger partial charge in [0.2, 0.25) is 0 Å². The molecule has 2 radical (unpaired) electrons. The molecule has 2 N–H and O–H groups in total. The molecule has 3 aromatic heterocycles. The first-order valence-corrected chi connectivity index (χ1v) is 9.60. The molecule has 4 rings (SSSR count). The molecule has 0 aliphatic heterocycles. The Morgan fingerprint density at radius 1 is 1.28 bits per heavy atom. The van der Waals surface area contributed by atoms with Gasteiger partial charge in [-0.25, -0.2) is 19.9 Å². The molecular weight excluding hydrogens is 351 g/mol. The molecule has 124 valence electrons. The Morgan fingerprint density at radius 2 is 2.16 bits per heavy atom. The number of nitrogens with zero attached hydrogens (tertiary/aromatic N) is 5. The highest BCUT2D eigenvalue weighted by molar-refractivity contribution is 8.01. The summed E-state index contributed by atoms with van der Waals surface area (Å²) in [5.41, 5.74) is 9.04. The van der Waals surface area contributed by atoms with E-state index in [1.54, 1.807) is 11.3 Å². The van der Waals surface area contributed by atoms with Crippen molar-refractivity contribution in [2.75, 3.05) is 5.73 Å². The molecular formula is C16H15BN6S2. The van der Waals surface area contributed by atoms with E-state index in [1.165, 1.54) is 18.1 Å². The third-order valence-electron chi connectivity index (χ3n) is 3.86. The summed E-state index contributed by atoms with van der Waals surface area (Å²) in [6, 6.07) is 5.77. The van der Waals surface area contributed by atoms with E-state index in [9.17, 15) is 0 Å². The van der Waals surface area contributed by atoms with E-state index in [4.69, 9.17) is 13.6 Å². The first-order valence-electron chi connectivity index (χ1n) is 7.97. The molecule has 0 spiro atoms. The van der Waals surface area contributed by atoms with Crippen LogP contribution in [-0.4, -0.2) is 32.3 Å². The maximum atomic E-state index is 6.05. The lowest BCUT2D eigenvalue weighted by atomic mass is 9.96. The molecule has 25 heavy (non-hydrogen) atoms. The number of thiazole rings is 1. The largest absolute Gasteiger partial charge is 0.382 e. The smallest absolute Gasteiger partial charge is 0.177 e. The minimum absolute atomic E-state index is 0.399. The fourth-order valence-corrected chi connectivity index (χ4v) is 4.69. The summed E-state index contributed by atoms with van der Waals surface area (Å²) in [6.07, 6.45) is 3.60. The fraction of sp³-hybridized carbons (Fsp3) is 0.250. The van der Waals surface area contributed by atoms with Gasteiger partial charge in [0.1, 0.15) is 14.2 Å². The van der Waals surface area contributed by atoms with E-state index in [0.717, 1.165) is 50.2 Å². The molecule has 6 nitrogen and oxygen atoms in total. The van der Waals surface area contributed by atoms with E-state index in [2.05, 4.69) is 31.4 Å². The number of nitrogen functional groups attached to an aromatic ring is 1. The van der Waals surface area contributed by atoms with Crippen molar-refractivity contribution in [1.82, 2.24) is 24.5 Å². The van der Waals surface area contributed by atoms with Crippen LogP contribution in [0, 0.1) is 0 Å². The van der Waals surface area contributed by atoms with E-state index in [0.29, 0.717) is 11.3 Å². The number of hydrogen-bond donors (Lipinski definition) is 1. The maximum absolute atomic E-state index is 6.05. The summed E-state index contributed by atoms with van der Waals surface area (Å²) in [4.78, 5) is 17.7. The van der Waals surface area contributed by atoms with Gasteiger partial charge in [-0.1, -0.05) is 30.9 Å². The topological polar surface area (TPSA) is 82.5 Å². The van der Waals surface area contributed by atoms with Gasteiger partial charge in [-0.15, -0.1) is 11.3 Å². The Labute approximate surface area is 154 Å². The molecule has 0 saturated carbocycles. The third-order valence-corrected chi connectivity index (χ3v) is 6.04. The second-order valence-corrected chi connectivity index (χ2v) is 7.82. The number of rotatable bonds is 5. The normalized spacial score (nSPS) is 11.6. The minimum Gasteiger partial charge on any atom is -0.382 e.